The molecule has 5 aromatic rings. The summed E-state index contributed by atoms with van der Waals surface area (Å²) in [5, 5.41) is 17.5. The molecule has 0 bridgehead atoms. The van der Waals surface area contributed by atoms with E-state index in [9.17, 15) is 9.90 Å². The number of aryl methyl sites for hydroxylation is 2. The predicted molar refractivity (Wildman–Crippen MR) is 140 cm³/mol. The SMILES string of the molecule is COC(=O)c1[nH]c2c(-c3c(CO)nn(C)c3C)cccc2c1CCCOc1cccc2ccccc12. The van der Waals surface area contributed by atoms with Crippen LogP contribution < -0.4 is 4.74 Å². The molecule has 36 heavy (non-hydrogen) atoms. The Labute approximate surface area is 209 Å². The smallest absolute Gasteiger partial charge is 0.354 e. The van der Waals surface area contributed by atoms with Gasteiger partial charge in [0.25, 0.3) is 0 Å². The summed E-state index contributed by atoms with van der Waals surface area (Å²) >= 11 is 0. The minimum absolute atomic E-state index is 0.170. The minimum atomic E-state index is -0.410. The van der Waals surface area contributed by atoms with Gasteiger partial charge in [-0.15, -0.1) is 0 Å². The van der Waals surface area contributed by atoms with Gasteiger partial charge in [0.05, 0.1) is 31.5 Å². The van der Waals surface area contributed by atoms with Crippen LogP contribution in [-0.2, 0) is 24.8 Å². The van der Waals surface area contributed by atoms with Crippen LogP contribution in [0, 0.1) is 6.92 Å². The van der Waals surface area contributed by atoms with Crippen LogP contribution in [0.1, 0.15) is 33.9 Å². The number of carbonyl (C=O) groups excluding carboxylic acids is 1. The molecule has 0 radical (unpaired) electrons. The maximum atomic E-state index is 12.7. The molecule has 0 spiro atoms. The van der Waals surface area contributed by atoms with Crippen LogP contribution in [0.3, 0.4) is 0 Å². The van der Waals surface area contributed by atoms with E-state index in [1.165, 1.54) is 7.11 Å². The largest absolute Gasteiger partial charge is 0.493 e. The maximum absolute atomic E-state index is 12.7. The zero-order chi connectivity index (χ0) is 25.2. The van der Waals surface area contributed by atoms with E-state index in [-0.39, 0.29) is 6.61 Å². The highest BCUT2D eigenvalue weighted by Gasteiger charge is 2.23. The monoisotopic (exact) mass is 483 g/mol. The third-order valence-corrected chi connectivity index (χ3v) is 6.73. The van der Waals surface area contributed by atoms with Crippen LogP contribution >= 0.6 is 0 Å². The summed E-state index contributed by atoms with van der Waals surface area (Å²) in [7, 11) is 3.24. The number of hydrogen-bond donors (Lipinski definition) is 2. The number of para-hydroxylation sites is 1. The molecule has 0 fully saturated rings. The Morgan fingerprint density at radius 2 is 1.81 bits per heavy atom. The number of fused-ring (bicyclic) bond motifs is 2. The lowest BCUT2D eigenvalue weighted by Crippen LogP contribution is -2.07. The molecule has 0 aliphatic heterocycles. The van der Waals surface area contributed by atoms with Crippen molar-refractivity contribution >= 4 is 27.6 Å². The van der Waals surface area contributed by atoms with Crippen LogP contribution in [0.15, 0.2) is 60.7 Å². The van der Waals surface area contributed by atoms with Crippen molar-refractivity contribution in [1.82, 2.24) is 14.8 Å². The molecular weight excluding hydrogens is 454 g/mol. The lowest BCUT2D eigenvalue weighted by atomic mass is 9.98. The van der Waals surface area contributed by atoms with E-state index in [0.717, 1.165) is 56.2 Å². The molecule has 3 aromatic carbocycles. The summed E-state index contributed by atoms with van der Waals surface area (Å²) in [5.74, 6) is 0.443. The quantitative estimate of drug-likeness (QED) is 0.230. The van der Waals surface area contributed by atoms with E-state index in [4.69, 9.17) is 9.47 Å². The minimum Gasteiger partial charge on any atom is -0.493 e. The van der Waals surface area contributed by atoms with Gasteiger partial charge >= 0.3 is 5.97 Å². The first-order valence-electron chi connectivity index (χ1n) is 12.0. The van der Waals surface area contributed by atoms with Crippen molar-refractivity contribution in [2.24, 2.45) is 7.05 Å². The first kappa shape index (κ1) is 23.6. The van der Waals surface area contributed by atoms with Crippen LogP contribution in [0.4, 0.5) is 0 Å². The second-order valence-electron chi connectivity index (χ2n) is 8.82. The average Bonchev–Trinajstić information content (AvgIpc) is 3.42. The molecule has 2 N–H and O–H groups in total. The lowest BCUT2D eigenvalue weighted by molar-refractivity contribution is 0.0593. The third-order valence-electron chi connectivity index (χ3n) is 6.73. The summed E-state index contributed by atoms with van der Waals surface area (Å²) < 4.78 is 13.0. The van der Waals surface area contributed by atoms with Crippen molar-refractivity contribution in [2.75, 3.05) is 13.7 Å². The molecule has 2 aromatic heterocycles. The maximum Gasteiger partial charge on any atom is 0.354 e. The molecule has 0 aliphatic rings. The Balaban J connectivity index is 1.47. The second-order valence-corrected chi connectivity index (χ2v) is 8.82. The molecular formula is C29H29N3O4. The Kier molecular flexibility index (Phi) is 6.48. The van der Waals surface area contributed by atoms with Gasteiger partial charge in [-0.05, 0) is 36.8 Å². The van der Waals surface area contributed by atoms with Gasteiger partial charge in [0.15, 0.2) is 0 Å². The Hall–Kier alpha value is -4.10. The standard InChI is InChI=1S/C29H29N3O4/c1-18-26(24(17-33)31-32(18)2)23-13-7-12-21-22(28(29(34)35-3)30-27(21)23)14-8-16-36-25-15-6-10-19-9-4-5-11-20(19)25/h4-7,9-13,15,30,33H,8,14,16-17H2,1-3H3. The number of aliphatic hydroxyl groups is 1. The molecule has 5 rings (SSSR count). The lowest BCUT2D eigenvalue weighted by Gasteiger charge is -2.10. The Bertz CT molecular complexity index is 1560. The molecule has 184 valence electrons. The molecule has 0 unspecified atom stereocenters. The van der Waals surface area contributed by atoms with E-state index < -0.39 is 5.97 Å². The predicted octanol–water partition coefficient (Wildman–Crippen LogP) is 5.32. The number of aliphatic hydroxyl groups excluding tert-OH is 1. The number of methoxy groups -OCH3 is 1. The molecule has 0 saturated carbocycles. The fraction of sp³-hybridized carbons (Fsp3) is 0.241. The summed E-state index contributed by atoms with van der Waals surface area (Å²) in [6.07, 6.45) is 1.36. The molecule has 7 heteroatoms. The number of H-pyrrole nitrogens is 1. The van der Waals surface area contributed by atoms with E-state index in [0.29, 0.717) is 24.4 Å². The van der Waals surface area contributed by atoms with Crippen LogP contribution in [0.5, 0.6) is 5.75 Å². The van der Waals surface area contributed by atoms with E-state index in [1.807, 2.05) is 56.4 Å². The fourth-order valence-electron chi connectivity index (χ4n) is 4.91. The zero-order valence-electron chi connectivity index (χ0n) is 20.7. The Morgan fingerprint density at radius 3 is 2.61 bits per heavy atom. The number of rotatable bonds is 8. The van der Waals surface area contributed by atoms with Gasteiger partial charge in [-0.3, -0.25) is 4.68 Å². The van der Waals surface area contributed by atoms with E-state index >= 15 is 0 Å². The highest BCUT2D eigenvalue weighted by molar-refractivity contribution is 6.04. The first-order valence-corrected chi connectivity index (χ1v) is 12.0. The van der Waals surface area contributed by atoms with Gasteiger partial charge in [0.1, 0.15) is 11.4 Å². The van der Waals surface area contributed by atoms with Gasteiger partial charge in [-0.2, -0.15) is 5.10 Å². The summed E-state index contributed by atoms with van der Waals surface area (Å²) in [5.41, 5.74) is 5.46. The van der Waals surface area contributed by atoms with Crippen LogP contribution in [0.2, 0.25) is 0 Å². The third kappa shape index (κ3) is 4.12. The number of aromatic nitrogens is 3. The highest BCUT2D eigenvalue weighted by Crippen LogP contribution is 2.36. The van der Waals surface area contributed by atoms with Crippen molar-refractivity contribution < 1.29 is 19.4 Å². The topological polar surface area (TPSA) is 89.4 Å². The van der Waals surface area contributed by atoms with Crippen molar-refractivity contribution in [3.8, 4) is 16.9 Å². The molecule has 0 amide bonds. The van der Waals surface area contributed by atoms with Gasteiger partial charge in [0.2, 0.25) is 0 Å². The van der Waals surface area contributed by atoms with Crippen LogP contribution in [0.25, 0.3) is 32.8 Å². The van der Waals surface area contributed by atoms with Gasteiger partial charge in [0, 0.05) is 34.6 Å². The molecule has 2 heterocycles. The van der Waals surface area contributed by atoms with Gasteiger partial charge in [-0.1, -0.05) is 54.6 Å². The number of nitrogens with zero attached hydrogens (tertiary/aromatic N) is 2. The van der Waals surface area contributed by atoms with Crippen molar-refractivity contribution in [3.05, 3.63) is 83.3 Å². The van der Waals surface area contributed by atoms with Gasteiger partial charge < -0.3 is 19.6 Å². The second kappa shape index (κ2) is 9.87. The van der Waals surface area contributed by atoms with Crippen molar-refractivity contribution in [3.63, 3.8) is 0 Å². The number of nitrogens with one attached hydrogen (secondary N) is 1. The average molecular weight is 484 g/mol. The molecule has 7 nitrogen and oxygen atoms in total. The number of hydrogen-bond acceptors (Lipinski definition) is 5. The van der Waals surface area contributed by atoms with Crippen LogP contribution in [-0.4, -0.2) is 39.6 Å². The van der Waals surface area contributed by atoms with Gasteiger partial charge in [-0.25, -0.2) is 4.79 Å². The number of benzene rings is 3. The fourth-order valence-corrected chi connectivity index (χ4v) is 4.91. The number of carbonyl (C=O) groups is 1. The molecule has 0 saturated heterocycles. The zero-order valence-corrected chi connectivity index (χ0v) is 20.7. The summed E-state index contributed by atoms with van der Waals surface area (Å²) in [6, 6.07) is 20.2. The van der Waals surface area contributed by atoms with E-state index in [2.05, 4.69) is 28.3 Å². The normalized spacial score (nSPS) is 11.3. The summed E-state index contributed by atoms with van der Waals surface area (Å²) in [6.45, 7) is 2.31. The Morgan fingerprint density at radius 1 is 1.06 bits per heavy atom. The van der Waals surface area contributed by atoms with Crippen molar-refractivity contribution in [2.45, 2.75) is 26.4 Å². The molecule has 0 atom stereocenters. The molecule has 0 aliphatic carbocycles. The van der Waals surface area contributed by atoms with Crippen molar-refractivity contribution in [1.29, 1.82) is 0 Å². The van der Waals surface area contributed by atoms with E-state index in [1.54, 1.807) is 4.68 Å². The first-order chi connectivity index (χ1) is 17.5. The number of ether oxygens (including phenoxy) is 2. The number of esters is 1. The summed E-state index contributed by atoms with van der Waals surface area (Å²) in [4.78, 5) is 16.0. The number of aromatic amines is 1. The highest BCUT2D eigenvalue weighted by atomic mass is 16.5.